The molecule has 0 spiro atoms. The maximum atomic E-state index is 12.1. The smallest absolute Gasteiger partial charge is 0.328 e. The fraction of sp³-hybridized carbons (Fsp3) is 0.294. The van der Waals surface area contributed by atoms with Crippen LogP contribution in [0.25, 0.3) is 26.5 Å². The number of carbonyl (C=O) groups is 2. The quantitative estimate of drug-likeness (QED) is 0.0489. The van der Waals surface area contributed by atoms with Crippen LogP contribution in [0.4, 0.5) is 11.5 Å². The van der Waals surface area contributed by atoms with E-state index in [1.54, 1.807) is 24.3 Å². The summed E-state index contributed by atoms with van der Waals surface area (Å²) >= 11 is 8.95. The standard InChI is InChI=1S/C34H34ClN7O4S2/c1-4-15-39-31-30(38-3)29(22-7-11-26(12-8-22)45-16-17-46-34(44)21(2)40-28(43)13-14-36)27(18-37)33(42-31)48-20-25-19-47-32(41-25)23-5-9-24(35)10-6-23/h5-12,19,21H,4,13-17,20,36H2,1-2H3,(H,39,42)(H,40,43)/t21-/m0/s1. The highest BCUT2D eigenvalue weighted by atomic mass is 35.5. The molecule has 0 bridgehead atoms. The number of nitrogens with two attached hydrogens (primary N) is 1. The van der Waals surface area contributed by atoms with Gasteiger partial charge in [0.2, 0.25) is 11.6 Å². The number of hydrogen-bond acceptors (Lipinski definition) is 11. The minimum atomic E-state index is -0.803. The predicted octanol–water partition coefficient (Wildman–Crippen LogP) is 6.84. The summed E-state index contributed by atoms with van der Waals surface area (Å²) in [6, 6.07) is 16.0. The van der Waals surface area contributed by atoms with Crippen molar-refractivity contribution in [2.75, 3.05) is 31.6 Å². The Morgan fingerprint density at radius 2 is 1.88 bits per heavy atom. The van der Waals surface area contributed by atoms with Crippen molar-refractivity contribution in [1.29, 1.82) is 5.26 Å². The van der Waals surface area contributed by atoms with E-state index >= 15 is 0 Å². The molecule has 0 saturated carbocycles. The van der Waals surface area contributed by atoms with E-state index < -0.39 is 12.0 Å². The number of thiazole rings is 1. The first-order chi connectivity index (χ1) is 23.3. The summed E-state index contributed by atoms with van der Waals surface area (Å²) < 4.78 is 10.9. The van der Waals surface area contributed by atoms with Crippen molar-refractivity contribution >= 4 is 58.1 Å². The molecular formula is C34H34ClN7O4S2. The Bertz CT molecular complexity index is 1800. The molecule has 48 heavy (non-hydrogen) atoms. The first-order valence-corrected chi connectivity index (χ1v) is 17.3. The number of halogens is 1. The van der Waals surface area contributed by atoms with Crippen LogP contribution in [0.15, 0.2) is 58.9 Å². The third kappa shape index (κ3) is 9.69. The lowest BCUT2D eigenvalue weighted by atomic mass is 9.99. The number of nitrogens with one attached hydrogen (secondary N) is 2. The van der Waals surface area contributed by atoms with Crippen molar-refractivity contribution in [2.24, 2.45) is 5.73 Å². The second kappa shape index (κ2) is 18.0. The van der Waals surface area contributed by atoms with E-state index in [1.807, 2.05) is 36.6 Å². The SMILES string of the molecule is [C-]#[N+]c1c(NCCC)nc(SCc2csc(-c3ccc(Cl)cc3)n2)c(C#N)c1-c1ccc(OCCOC(=O)[C@H](C)NC(=O)CCN)cc1. The van der Waals surface area contributed by atoms with E-state index in [9.17, 15) is 14.9 Å². The number of hydrogen-bond donors (Lipinski definition) is 3. The summed E-state index contributed by atoms with van der Waals surface area (Å²) in [4.78, 5) is 37.1. The molecule has 1 atom stereocenters. The lowest BCUT2D eigenvalue weighted by molar-refractivity contribution is -0.148. The van der Waals surface area contributed by atoms with Gasteiger partial charge in [0.15, 0.2) is 0 Å². The normalized spacial score (nSPS) is 11.2. The maximum absolute atomic E-state index is 12.1. The third-order valence-corrected chi connectivity index (χ3v) is 8.95. The fourth-order valence-electron chi connectivity index (χ4n) is 4.41. The van der Waals surface area contributed by atoms with Crippen LogP contribution < -0.4 is 21.1 Å². The Morgan fingerprint density at radius 3 is 2.54 bits per heavy atom. The van der Waals surface area contributed by atoms with E-state index in [2.05, 4.69) is 21.5 Å². The van der Waals surface area contributed by atoms with Crippen molar-refractivity contribution in [3.05, 3.63) is 81.6 Å². The van der Waals surface area contributed by atoms with Gasteiger partial charge in [-0.25, -0.2) is 19.6 Å². The molecule has 4 rings (SSSR count). The summed E-state index contributed by atoms with van der Waals surface area (Å²) in [5.74, 6) is 0.502. The molecule has 2 aromatic heterocycles. The summed E-state index contributed by atoms with van der Waals surface area (Å²) in [6.45, 7) is 12.4. The van der Waals surface area contributed by atoms with Crippen molar-refractivity contribution in [2.45, 2.75) is 43.5 Å². The average molecular weight is 704 g/mol. The molecule has 0 aliphatic heterocycles. The molecule has 2 aromatic carbocycles. The number of benzene rings is 2. The summed E-state index contributed by atoms with van der Waals surface area (Å²) in [7, 11) is 0. The van der Waals surface area contributed by atoms with Gasteiger partial charge < -0.3 is 25.8 Å². The number of anilines is 1. The largest absolute Gasteiger partial charge is 0.490 e. The first kappa shape index (κ1) is 36.2. The van der Waals surface area contributed by atoms with Gasteiger partial charge in [-0.2, -0.15) is 5.26 Å². The maximum Gasteiger partial charge on any atom is 0.328 e. The molecule has 14 heteroatoms. The van der Waals surface area contributed by atoms with Crippen molar-refractivity contribution in [3.8, 4) is 33.5 Å². The number of carbonyl (C=O) groups excluding carboxylic acids is 2. The highest BCUT2D eigenvalue weighted by molar-refractivity contribution is 7.98. The third-order valence-electron chi connectivity index (χ3n) is 6.75. The zero-order valence-corrected chi connectivity index (χ0v) is 28.8. The van der Waals surface area contributed by atoms with E-state index in [0.29, 0.717) is 50.6 Å². The number of rotatable bonds is 16. The highest BCUT2D eigenvalue weighted by Crippen LogP contribution is 2.43. The van der Waals surface area contributed by atoms with Gasteiger partial charge in [-0.15, -0.1) is 11.3 Å². The molecule has 0 unspecified atom stereocenters. The Balaban J connectivity index is 1.49. The van der Waals surface area contributed by atoms with Crippen LogP contribution in [0.5, 0.6) is 5.75 Å². The second-order valence-corrected chi connectivity index (χ2v) is 12.6. The molecule has 0 radical (unpaired) electrons. The van der Waals surface area contributed by atoms with Crippen LogP contribution in [0.1, 0.15) is 37.9 Å². The molecule has 0 saturated heterocycles. The minimum absolute atomic E-state index is 0.0181. The van der Waals surface area contributed by atoms with Gasteiger partial charge in [-0.3, -0.25) is 4.79 Å². The molecule has 11 nitrogen and oxygen atoms in total. The predicted molar refractivity (Wildman–Crippen MR) is 189 cm³/mol. The number of ether oxygens (including phenoxy) is 2. The van der Waals surface area contributed by atoms with Gasteiger partial charge in [0, 0.05) is 46.8 Å². The van der Waals surface area contributed by atoms with E-state index in [4.69, 9.17) is 43.3 Å². The van der Waals surface area contributed by atoms with Gasteiger partial charge >= 0.3 is 5.97 Å². The summed E-state index contributed by atoms with van der Waals surface area (Å²) in [5, 5.41) is 20.1. The number of esters is 1. The van der Waals surface area contributed by atoms with Gasteiger partial charge in [0.25, 0.3) is 0 Å². The Hall–Kier alpha value is -4.66. The number of aromatic nitrogens is 2. The number of nitriles is 1. The number of nitrogens with zero attached hydrogens (tertiary/aromatic N) is 4. The summed E-state index contributed by atoms with van der Waals surface area (Å²) in [5.41, 5.74) is 8.87. The van der Waals surface area contributed by atoms with Crippen molar-refractivity contribution < 1.29 is 19.1 Å². The Labute approximate surface area is 292 Å². The lowest BCUT2D eigenvalue weighted by Gasteiger charge is -2.16. The first-order valence-electron chi connectivity index (χ1n) is 15.1. The van der Waals surface area contributed by atoms with Gasteiger partial charge in [0.05, 0.1) is 17.8 Å². The fourth-order valence-corrected chi connectivity index (χ4v) is 6.35. The Morgan fingerprint density at radius 1 is 1.15 bits per heavy atom. The molecule has 0 aliphatic rings. The summed E-state index contributed by atoms with van der Waals surface area (Å²) in [6.07, 6.45) is 0.950. The van der Waals surface area contributed by atoms with Crippen molar-refractivity contribution in [1.82, 2.24) is 15.3 Å². The molecule has 2 heterocycles. The topological polar surface area (TPSA) is 157 Å². The number of pyridine rings is 1. The van der Waals surface area contributed by atoms with E-state index in [1.165, 1.54) is 30.0 Å². The van der Waals surface area contributed by atoms with Gasteiger partial charge in [-0.1, -0.05) is 54.6 Å². The molecule has 248 valence electrons. The molecule has 1 amide bonds. The van der Waals surface area contributed by atoms with Crippen LogP contribution in [0, 0.1) is 17.9 Å². The van der Waals surface area contributed by atoms with Crippen LogP contribution >= 0.6 is 34.7 Å². The van der Waals surface area contributed by atoms with Crippen molar-refractivity contribution in [3.63, 3.8) is 0 Å². The number of thioether (sulfide) groups is 1. The molecule has 0 aliphatic carbocycles. The van der Waals surface area contributed by atoms with Gasteiger partial charge in [-0.05, 0) is 43.2 Å². The minimum Gasteiger partial charge on any atom is -0.490 e. The van der Waals surface area contributed by atoms with Crippen LogP contribution in [-0.4, -0.2) is 54.2 Å². The van der Waals surface area contributed by atoms with Crippen LogP contribution in [0.2, 0.25) is 5.02 Å². The molecular weight excluding hydrogens is 670 g/mol. The van der Waals surface area contributed by atoms with E-state index in [-0.39, 0.29) is 37.8 Å². The molecule has 4 aromatic rings. The zero-order chi connectivity index (χ0) is 34.5. The highest BCUT2D eigenvalue weighted by Gasteiger charge is 2.22. The van der Waals surface area contributed by atoms with Crippen LogP contribution in [0.3, 0.4) is 0 Å². The number of amides is 1. The lowest BCUT2D eigenvalue weighted by Crippen LogP contribution is -2.40. The van der Waals surface area contributed by atoms with Gasteiger partial charge in [0.1, 0.15) is 46.9 Å². The average Bonchev–Trinajstić information content (AvgIpc) is 3.57. The molecule has 0 fully saturated rings. The van der Waals surface area contributed by atoms with E-state index in [0.717, 1.165) is 22.7 Å². The van der Waals surface area contributed by atoms with Crippen LogP contribution in [-0.2, 0) is 20.1 Å². The monoisotopic (exact) mass is 703 g/mol. The second-order valence-electron chi connectivity index (χ2n) is 10.3. The Kier molecular flexibility index (Phi) is 13.6. The zero-order valence-electron chi connectivity index (χ0n) is 26.4. The molecule has 4 N–H and O–H groups in total.